The molecule has 0 spiro atoms. The Balaban J connectivity index is 2.84. The van der Waals surface area contributed by atoms with E-state index in [0.29, 0.717) is 3.92 Å². The van der Waals surface area contributed by atoms with Crippen LogP contribution in [0, 0.1) is 0 Å². The molecule has 8 heteroatoms. The highest BCUT2D eigenvalue weighted by Crippen LogP contribution is 2.28. The van der Waals surface area contributed by atoms with Crippen LogP contribution in [0.15, 0.2) is 3.92 Å². The van der Waals surface area contributed by atoms with Crippen molar-refractivity contribution in [3.8, 4) is 0 Å². The molecule has 0 amide bonds. The van der Waals surface area contributed by atoms with E-state index in [1.54, 1.807) is 13.8 Å². The second-order valence-corrected chi connectivity index (χ2v) is 5.41. The number of aromatic nitrogens is 2. The Kier molecular flexibility index (Phi) is 3.93. The molecule has 0 unspecified atom stereocenters. The number of hydrogen-bond acceptors (Lipinski definition) is 4. The van der Waals surface area contributed by atoms with Crippen LogP contribution < -0.4 is 4.90 Å². The maximum absolute atomic E-state index is 12.3. The lowest BCUT2D eigenvalue weighted by molar-refractivity contribution is -0.120. The first-order chi connectivity index (χ1) is 6.79. The summed E-state index contributed by atoms with van der Waals surface area (Å²) in [5.74, 6) is 0. The van der Waals surface area contributed by atoms with Crippen molar-refractivity contribution < 1.29 is 13.2 Å². The molecule has 1 rings (SSSR count). The van der Waals surface area contributed by atoms with E-state index in [9.17, 15) is 13.2 Å². The highest BCUT2D eigenvalue weighted by molar-refractivity contribution is 9.11. The van der Waals surface area contributed by atoms with Crippen molar-refractivity contribution in [2.24, 2.45) is 0 Å². The Labute approximate surface area is 97.4 Å². The van der Waals surface area contributed by atoms with Crippen molar-refractivity contribution in [1.29, 1.82) is 0 Å². The van der Waals surface area contributed by atoms with Gasteiger partial charge in [0.15, 0.2) is 3.92 Å². The molecule has 1 heterocycles. The lowest BCUT2D eigenvalue weighted by Crippen LogP contribution is -2.39. The zero-order chi connectivity index (χ0) is 11.6. The van der Waals surface area contributed by atoms with E-state index < -0.39 is 12.7 Å². The van der Waals surface area contributed by atoms with Gasteiger partial charge in [0.1, 0.15) is 6.54 Å². The number of nitrogens with zero attached hydrogens (tertiary/aromatic N) is 3. The van der Waals surface area contributed by atoms with E-state index in [1.807, 2.05) is 0 Å². The minimum Gasteiger partial charge on any atom is -0.335 e. The molecule has 1 aromatic heterocycles. The van der Waals surface area contributed by atoms with E-state index in [4.69, 9.17) is 0 Å². The molecule has 0 radical (unpaired) electrons. The molecule has 0 aliphatic rings. The topological polar surface area (TPSA) is 29.0 Å². The fraction of sp³-hybridized carbons (Fsp3) is 0.714. The van der Waals surface area contributed by atoms with Crippen LogP contribution in [0.4, 0.5) is 18.3 Å². The highest BCUT2D eigenvalue weighted by atomic mass is 79.9. The number of anilines is 1. The first kappa shape index (κ1) is 12.7. The average molecular weight is 304 g/mol. The first-order valence-electron chi connectivity index (χ1n) is 4.12. The van der Waals surface area contributed by atoms with Gasteiger partial charge in [-0.2, -0.15) is 13.2 Å². The monoisotopic (exact) mass is 303 g/mol. The summed E-state index contributed by atoms with van der Waals surface area (Å²) >= 11 is 4.15. The summed E-state index contributed by atoms with van der Waals surface area (Å²) < 4.78 is 37.3. The first-order valence-corrected chi connectivity index (χ1v) is 5.73. The zero-order valence-electron chi connectivity index (χ0n) is 8.05. The van der Waals surface area contributed by atoms with E-state index in [2.05, 4.69) is 26.1 Å². The molecular formula is C7H9BrF3N3S. The van der Waals surface area contributed by atoms with Gasteiger partial charge in [-0.25, -0.2) is 0 Å². The third-order valence-corrected chi connectivity index (χ3v) is 3.00. The van der Waals surface area contributed by atoms with Crippen molar-refractivity contribution in [1.82, 2.24) is 10.2 Å². The van der Waals surface area contributed by atoms with Crippen LogP contribution in [0.1, 0.15) is 13.8 Å². The molecule has 0 bridgehead atoms. The quantitative estimate of drug-likeness (QED) is 0.859. The molecule has 0 aliphatic carbocycles. The Hall–Kier alpha value is -0.370. The summed E-state index contributed by atoms with van der Waals surface area (Å²) in [6.45, 7) is 2.36. The molecule has 0 fully saturated rings. The van der Waals surface area contributed by atoms with Gasteiger partial charge >= 0.3 is 6.18 Å². The molecule has 0 atom stereocenters. The molecular weight excluding hydrogens is 295 g/mol. The van der Waals surface area contributed by atoms with Gasteiger partial charge in [0.2, 0.25) is 5.13 Å². The van der Waals surface area contributed by atoms with Crippen molar-refractivity contribution in [2.75, 3.05) is 11.4 Å². The Morgan fingerprint density at radius 1 is 1.40 bits per heavy atom. The lowest BCUT2D eigenvalue weighted by atomic mass is 10.3. The van der Waals surface area contributed by atoms with E-state index in [0.717, 1.165) is 11.3 Å². The fourth-order valence-corrected chi connectivity index (χ4v) is 2.20. The number of rotatable bonds is 3. The predicted molar refractivity (Wildman–Crippen MR) is 56.1 cm³/mol. The summed E-state index contributed by atoms with van der Waals surface area (Å²) in [5.41, 5.74) is 0. The summed E-state index contributed by atoms with van der Waals surface area (Å²) in [4.78, 5) is 1.17. The van der Waals surface area contributed by atoms with Crippen LogP contribution in [0.3, 0.4) is 0 Å². The van der Waals surface area contributed by atoms with E-state index >= 15 is 0 Å². The van der Waals surface area contributed by atoms with Gasteiger partial charge in [-0.3, -0.25) is 0 Å². The SMILES string of the molecule is CC(C)N(CC(F)(F)F)c1nnc(Br)s1. The number of alkyl halides is 3. The van der Waals surface area contributed by atoms with Gasteiger partial charge in [-0.05, 0) is 29.8 Å². The molecule has 86 valence electrons. The van der Waals surface area contributed by atoms with Gasteiger partial charge in [0.05, 0.1) is 0 Å². The van der Waals surface area contributed by atoms with Crippen molar-refractivity contribution in [2.45, 2.75) is 26.1 Å². The van der Waals surface area contributed by atoms with E-state index in [-0.39, 0.29) is 11.2 Å². The second-order valence-electron chi connectivity index (χ2n) is 3.17. The zero-order valence-corrected chi connectivity index (χ0v) is 10.4. The number of halogens is 4. The van der Waals surface area contributed by atoms with Crippen LogP contribution in [0.5, 0.6) is 0 Å². The molecule has 0 aliphatic heterocycles. The Morgan fingerprint density at radius 3 is 2.33 bits per heavy atom. The minimum absolute atomic E-state index is 0.272. The molecule has 0 saturated heterocycles. The maximum atomic E-state index is 12.3. The predicted octanol–water partition coefficient (Wildman–Crippen LogP) is 3.08. The third-order valence-electron chi connectivity index (χ3n) is 1.61. The molecule has 0 aromatic carbocycles. The lowest BCUT2D eigenvalue weighted by Gasteiger charge is -2.26. The summed E-state index contributed by atoms with van der Waals surface area (Å²) in [6.07, 6.45) is -4.23. The minimum atomic E-state index is -4.23. The second kappa shape index (κ2) is 4.65. The Bertz CT molecular complexity index is 326. The molecule has 3 nitrogen and oxygen atoms in total. The largest absolute Gasteiger partial charge is 0.406 e. The summed E-state index contributed by atoms with van der Waals surface area (Å²) in [5, 5.41) is 7.57. The smallest absolute Gasteiger partial charge is 0.335 e. The maximum Gasteiger partial charge on any atom is 0.406 e. The number of hydrogen-bond donors (Lipinski definition) is 0. The fourth-order valence-electron chi connectivity index (χ4n) is 0.979. The van der Waals surface area contributed by atoms with Crippen LogP contribution in [0.2, 0.25) is 0 Å². The summed E-state index contributed by atoms with van der Waals surface area (Å²) in [7, 11) is 0. The van der Waals surface area contributed by atoms with Gasteiger partial charge in [-0.15, -0.1) is 10.2 Å². The normalized spacial score (nSPS) is 12.2. The van der Waals surface area contributed by atoms with Crippen molar-refractivity contribution in [3.05, 3.63) is 3.92 Å². The van der Waals surface area contributed by atoms with Gasteiger partial charge in [-0.1, -0.05) is 11.3 Å². The van der Waals surface area contributed by atoms with Gasteiger partial charge in [0.25, 0.3) is 0 Å². The van der Waals surface area contributed by atoms with Crippen LogP contribution in [-0.2, 0) is 0 Å². The molecule has 1 aromatic rings. The average Bonchev–Trinajstić information content (AvgIpc) is 2.45. The van der Waals surface area contributed by atoms with E-state index in [1.165, 1.54) is 4.90 Å². The van der Waals surface area contributed by atoms with Crippen LogP contribution >= 0.6 is 27.3 Å². The van der Waals surface area contributed by atoms with Crippen LogP contribution in [-0.4, -0.2) is 29.0 Å². The summed E-state index contributed by atoms with van der Waals surface area (Å²) in [6, 6.07) is -0.272. The Morgan fingerprint density at radius 2 is 2.00 bits per heavy atom. The molecule has 0 saturated carbocycles. The highest BCUT2D eigenvalue weighted by Gasteiger charge is 2.33. The third kappa shape index (κ3) is 3.94. The standard InChI is InChI=1S/C7H9BrF3N3S/c1-4(2)14(3-7(9,10)11)6-13-12-5(8)15-6/h4H,3H2,1-2H3. The van der Waals surface area contributed by atoms with Gasteiger partial charge < -0.3 is 4.90 Å². The van der Waals surface area contributed by atoms with Gasteiger partial charge in [0, 0.05) is 6.04 Å². The molecule has 0 N–H and O–H groups in total. The van der Waals surface area contributed by atoms with Crippen LogP contribution in [0.25, 0.3) is 0 Å². The molecule has 15 heavy (non-hydrogen) atoms. The van der Waals surface area contributed by atoms with Crippen molar-refractivity contribution in [3.63, 3.8) is 0 Å². The van der Waals surface area contributed by atoms with Crippen molar-refractivity contribution >= 4 is 32.4 Å².